The highest BCUT2D eigenvalue weighted by Crippen LogP contribution is 2.27. The van der Waals surface area contributed by atoms with Gasteiger partial charge in [0.05, 0.1) is 6.54 Å². The molecule has 3 aromatic rings. The van der Waals surface area contributed by atoms with Crippen LogP contribution >= 0.6 is 0 Å². The van der Waals surface area contributed by atoms with E-state index in [0.29, 0.717) is 17.5 Å². The molecule has 1 heterocycles. The Kier molecular flexibility index (Phi) is 4.79. The van der Waals surface area contributed by atoms with E-state index >= 15 is 0 Å². The van der Waals surface area contributed by atoms with Crippen LogP contribution in [0.1, 0.15) is 21.7 Å². The smallest absolute Gasteiger partial charge is 0.287 e. The lowest BCUT2D eigenvalue weighted by atomic mass is 10.1. The van der Waals surface area contributed by atoms with Crippen molar-refractivity contribution in [2.24, 2.45) is 0 Å². The molecule has 0 aliphatic rings. The summed E-state index contributed by atoms with van der Waals surface area (Å²) >= 11 is 0. The van der Waals surface area contributed by atoms with Gasteiger partial charge < -0.3 is 15.1 Å². The van der Waals surface area contributed by atoms with Crippen molar-refractivity contribution in [3.63, 3.8) is 0 Å². The Hall–Kier alpha value is -3.15. The second-order valence-electron chi connectivity index (χ2n) is 5.62. The summed E-state index contributed by atoms with van der Waals surface area (Å²) in [5.41, 5.74) is 1.54. The standard InChI is InChI=1S/C19H17FN2O3/c1-12-14-8-5-9-15(20)18(14)25-17(12)19(24)22-11-16(23)21-10-13-6-3-2-4-7-13/h2-9H,10-11H2,1H3,(H,21,23)(H,22,24). The second-order valence-corrected chi connectivity index (χ2v) is 5.62. The molecule has 2 N–H and O–H groups in total. The molecule has 2 aromatic carbocycles. The van der Waals surface area contributed by atoms with Gasteiger partial charge in [-0.05, 0) is 18.6 Å². The van der Waals surface area contributed by atoms with Crippen LogP contribution < -0.4 is 10.6 Å². The van der Waals surface area contributed by atoms with Crippen molar-refractivity contribution >= 4 is 22.8 Å². The molecule has 6 heteroatoms. The van der Waals surface area contributed by atoms with Crippen LogP contribution in [0.15, 0.2) is 52.9 Å². The molecule has 2 amide bonds. The van der Waals surface area contributed by atoms with Gasteiger partial charge in [-0.15, -0.1) is 0 Å². The first kappa shape index (κ1) is 16.7. The molecule has 0 aliphatic carbocycles. The van der Waals surface area contributed by atoms with E-state index in [0.717, 1.165) is 5.56 Å². The number of para-hydroxylation sites is 1. The van der Waals surface area contributed by atoms with Crippen LogP contribution in [-0.2, 0) is 11.3 Å². The molecule has 0 spiro atoms. The molecular weight excluding hydrogens is 323 g/mol. The largest absolute Gasteiger partial charge is 0.448 e. The predicted molar refractivity (Wildman–Crippen MR) is 91.5 cm³/mol. The monoisotopic (exact) mass is 340 g/mol. The molecule has 3 rings (SSSR count). The zero-order valence-corrected chi connectivity index (χ0v) is 13.6. The molecule has 25 heavy (non-hydrogen) atoms. The number of halogens is 1. The third-order valence-electron chi connectivity index (χ3n) is 3.86. The molecule has 0 atom stereocenters. The van der Waals surface area contributed by atoms with Crippen LogP contribution in [0.4, 0.5) is 4.39 Å². The van der Waals surface area contributed by atoms with E-state index < -0.39 is 11.7 Å². The first-order valence-corrected chi connectivity index (χ1v) is 7.82. The Morgan fingerprint density at radius 2 is 1.80 bits per heavy atom. The van der Waals surface area contributed by atoms with Gasteiger partial charge in [0, 0.05) is 17.5 Å². The number of fused-ring (bicyclic) bond motifs is 1. The summed E-state index contributed by atoms with van der Waals surface area (Å²) in [5.74, 6) is -1.39. The zero-order valence-electron chi connectivity index (χ0n) is 13.6. The summed E-state index contributed by atoms with van der Waals surface area (Å²) in [5, 5.41) is 5.74. The zero-order chi connectivity index (χ0) is 17.8. The second kappa shape index (κ2) is 7.17. The van der Waals surface area contributed by atoms with E-state index in [2.05, 4.69) is 10.6 Å². The summed E-state index contributed by atoms with van der Waals surface area (Å²) < 4.78 is 19.1. The van der Waals surface area contributed by atoms with Gasteiger partial charge in [-0.2, -0.15) is 0 Å². The minimum atomic E-state index is -0.553. The maximum absolute atomic E-state index is 13.7. The van der Waals surface area contributed by atoms with Crippen LogP contribution in [-0.4, -0.2) is 18.4 Å². The van der Waals surface area contributed by atoms with Crippen molar-refractivity contribution < 1.29 is 18.4 Å². The van der Waals surface area contributed by atoms with Crippen molar-refractivity contribution in [1.82, 2.24) is 10.6 Å². The van der Waals surface area contributed by atoms with Crippen LogP contribution in [0, 0.1) is 12.7 Å². The van der Waals surface area contributed by atoms with Gasteiger partial charge in [0.15, 0.2) is 17.2 Å². The summed E-state index contributed by atoms with van der Waals surface area (Å²) in [4.78, 5) is 24.1. The Labute approximate surface area is 143 Å². The van der Waals surface area contributed by atoms with E-state index in [1.807, 2.05) is 30.3 Å². The van der Waals surface area contributed by atoms with Gasteiger partial charge in [0.25, 0.3) is 5.91 Å². The predicted octanol–water partition coefficient (Wildman–Crippen LogP) is 2.93. The van der Waals surface area contributed by atoms with Crippen LogP contribution in [0.5, 0.6) is 0 Å². The summed E-state index contributed by atoms with van der Waals surface area (Å²) in [7, 11) is 0. The summed E-state index contributed by atoms with van der Waals surface area (Å²) in [6, 6.07) is 13.9. The highest BCUT2D eigenvalue weighted by molar-refractivity contribution is 6.00. The number of nitrogens with one attached hydrogen (secondary N) is 2. The summed E-state index contributed by atoms with van der Waals surface area (Å²) in [6.07, 6.45) is 0. The quantitative estimate of drug-likeness (QED) is 0.750. The number of rotatable bonds is 5. The van der Waals surface area contributed by atoms with E-state index in [9.17, 15) is 14.0 Å². The molecule has 128 valence electrons. The molecule has 0 saturated carbocycles. The molecule has 0 aliphatic heterocycles. The highest BCUT2D eigenvalue weighted by atomic mass is 19.1. The fourth-order valence-electron chi connectivity index (χ4n) is 2.53. The molecule has 0 radical (unpaired) electrons. The number of amides is 2. The van der Waals surface area contributed by atoms with E-state index in [4.69, 9.17) is 4.42 Å². The third-order valence-corrected chi connectivity index (χ3v) is 3.86. The molecular formula is C19H17FN2O3. The lowest BCUT2D eigenvalue weighted by Crippen LogP contribution is -2.36. The molecule has 1 aromatic heterocycles. The molecule has 0 bridgehead atoms. The van der Waals surface area contributed by atoms with Gasteiger partial charge in [-0.1, -0.05) is 42.5 Å². The lowest BCUT2D eigenvalue weighted by molar-refractivity contribution is -0.120. The maximum Gasteiger partial charge on any atom is 0.287 e. The Morgan fingerprint density at radius 1 is 1.04 bits per heavy atom. The molecule has 5 nitrogen and oxygen atoms in total. The highest BCUT2D eigenvalue weighted by Gasteiger charge is 2.19. The topological polar surface area (TPSA) is 71.3 Å². The number of carbonyl (C=O) groups is 2. The Bertz CT molecular complexity index is 919. The fourth-order valence-corrected chi connectivity index (χ4v) is 2.53. The van der Waals surface area contributed by atoms with Crippen LogP contribution in [0.2, 0.25) is 0 Å². The number of benzene rings is 2. The van der Waals surface area contributed by atoms with Gasteiger partial charge >= 0.3 is 0 Å². The van der Waals surface area contributed by atoms with Gasteiger partial charge in [-0.3, -0.25) is 9.59 Å². The van der Waals surface area contributed by atoms with E-state index in [-0.39, 0.29) is 23.8 Å². The maximum atomic E-state index is 13.7. The summed E-state index contributed by atoms with van der Waals surface area (Å²) in [6.45, 7) is 1.87. The van der Waals surface area contributed by atoms with E-state index in [1.54, 1.807) is 19.1 Å². The van der Waals surface area contributed by atoms with Crippen LogP contribution in [0.3, 0.4) is 0 Å². The average Bonchev–Trinajstić information content (AvgIpc) is 2.97. The first-order chi connectivity index (χ1) is 12.1. The molecule has 0 fully saturated rings. The number of carbonyl (C=O) groups excluding carboxylic acids is 2. The number of hydrogen-bond acceptors (Lipinski definition) is 3. The van der Waals surface area contributed by atoms with Gasteiger partial charge in [0.2, 0.25) is 5.91 Å². The minimum absolute atomic E-state index is 0.0101. The fraction of sp³-hybridized carbons (Fsp3) is 0.158. The van der Waals surface area contributed by atoms with E-state index in [1.165, 1.54) is 6.07 Å². The minimum Gasteiger partial charge on any atom is -0.448 e. The number of hydrogen-bond donors (Lipinski definition) is 2. The van der Waals surface area contributed by atoms with Crippen molar-refractivity contribution in [3.8, 4) is 0 Å². The van der Waals surface area contributed by atoms with Crippen molar-refractivity contribution in [2.75, 3.05) is 6.54 Å². The lowest BCUT2D eigenvalue weighted by Gasteiger charge is -2.06. The van der Waals surface area contributed by atoms with Crippen molar-refractivity contribution in [3.05, 3.63) is 71.2 Å². The number of furan rings is 1. The Balaban J connectivity index is 1.60. The molecule has 0 unspecified atom stereocenters. The first-order valence-electron chi connectivity index (χ1n) is 7.82. The van der Waals surface area contributed by atoms with Crippen molar-refractivity contribution in [2.45, 2.75) is 13.5 Å². The molecule has 0 saturated heterocycles. The van der Waals surface area contributed by atoms with Gasteiger partial charge in [-0.25, -0.2) is 4.39 Å². The van der Waals surface area contributed by atoms with Crippen LogP contribution in [0.25, 0.3) is 11.0 Å². The third kappa shape index (κ3) is 3.68. The van der Waals surface area contributed by atoms with Crippen molar-refractivity contribution in [1.29, 1.82) is 0 Å². The average molecular weight is 340 g/mol. The normalized spacial score (nSPS) is 10.6. The number of aryl methyl sites for hydroxylation is 1. The Morgan fingerprint density at radius 3 is 2.52 bits per heavy atom. The SMILES string of the molecule is Cc1c(C(=O)NCC(=O)NCc2ccccc2)oc2c(F)cccc12. The van der Waals surface area contributed by atoms with Gasteiger partial charge in [0.1, 0.15) is 0 Å².